The minimum absolute atomic E-state index is 0.0378. The molecule has 10 nitrogen and oxygen atoms in total. The van der Waals surface area contributed by atoms with Crippen LogP contribution < -0.4 is 14.8 Å². The standard InChI is InChI=1S/C21H22N4O6/c26-20(16-3-6-18-19(13-16)31-14-30-18)22-7-8-23-9-11-24(12-10-23)21(27)15-1-4-17(5-2-15)25(28)29/h1-6,13H,7-12,14H2,(H,22,26). The van der Waals surface area contributed by atoms with E-state index in [1.807, 2.05) is 0 Å². The highest BCUT2D eigenvalue weighted by molar-refractivity contribution is 5.95. The predicted molar refractivity (Wildman–Crippen MR) is 110 cm³/mol. The van der Waals surface area contributed by atoms with Crippen LogP contribution in [-0.2, 0) is 0 Å². The molecule has 0 aliphatic carbocycles. The maximum atomic E-state index is 12.6. The molecule has 0 bridgehead atoms. The van der Waals surface area contributed by atoms with Gasteiger partial charge < -0.3 is 19.7 Å². The summed E-state index contributed by atoms with van der Waals surface area (Å²) in [5.41, 5.74) is 0.918. The molecule has 31 heavy (non-hydrogen) atoms. The van der Waals surface area contributed by atoms with Crippen molar-refractivity contribution in [2.75, 3.05) is 46.1 Å². The summed E-state index contributed by atoms with van der Waals surface area (Å²) in [6.07, 6.45) is 0. The highest BCUT2D eigenvalue weighted by Crippen LogP contribution is 2.32. The van der Waals surface area contributed by atoms with Crippen molar-refractivity contribution in [1.82, 2.24) is 15.1 Å². The summed E-state index contributed by atoms with van der Waals surface area (Å²) in [7, 11) is 0. The van der Waals surface area contributed by atoms with E-state index in [2.05, 4.69) is 10.2 Å². The molecule has 0 atom stereocenters. The maximum Gasteiger partial charge on any atom is 0.269 e. The third kappa shape index (κ3) is 4.75. The molecule has 0 aromatic heterocycles. The summed E-state index contributed by atoms with van der Waals surface area (Å²) in [4.78, 5) is 39.1. The largest absolute Gasteiger partial charge is 0.454 e. The van der Waals surface area contributed by atoms with Gasteiger partial charge in [0.1, 0.15) is 0 Å². The summed E-state index contributed by atoms with van der Waals surface area (Å²) in [5.74, 6) is 0.898. The van der Waals surface area contributed by atoms with E-state index in [-0.39, 0.29) is 24.3 Å². The zero-order valence-corrected chi connectivity index (χ0v) is 16.8. The monoisotopic (exact) mass is 426 g/mol. The Kier molecular flexibility index (Phi) is 5.99. The van der Waals surface area contributed by atoms with E-state index in [0.717, 1.165) is 0 Å². The Balaban J connectivity index is 1.21. The number of fused-ring (bicyclic) bond motifs is 1. The van der Waals surface area contributed by atoms with E-state index in [1.54, 1.807) is 23.1 Å². The van der Waals surface area contributed by atoms with Gasteiger partial charge in [0.25, 0.3) is 17.5 Å². The van der Waals surface area contributed by atoms with Gasteiger partial charge in [0.2, 0.25) is 6.79 Å². The molecule has 1 fully saturated rings. The minimum atomic E-state index is -0.488. The number of hydrogen-bond acceptors (Lipinski definition) is 7. The van der Waals surface area contributed by atoms with Gasteiger partial charge in [0.05, 0.1) is 4.92 Å². The highest BCUT2D eigenvalue weighted by Gasteiger charge is 2.23. The number of hydrogen-bond donors (Lipinski definition) is 1. The van der Waals surface area contributed by atoms with Gasteiger partial charge >= 0.3 is 0 Å². The van der Waals surface area contributed by atoms with E-state index in [9.17, 15) is 19.7 Å². The van der Waals surface area contributed by atoms with Crippen molar-refractivity contribution in [3.63, 3.8) is 0 Å². The van der Waals surface area contributed by atoms with Gasteiger partial charge in [0, 0.05) is 62.5 Å². The Morgan fingerprint density at radius 1 is 0.968 bits per heavy atom. The summed E-state index contributed by atoms with van der Waals surface area (Å²) in [5, 5.41) is 13.6. The maximum absolute atomic E-state index is 12.6. The summed E-state index contributed by atoms with van der Waals surface area (Å²) in [6, 6.07) is 10.7. The van der Waals surface area contributed by atoms with Crippen LogP contribution in [0.2, 0.25) is 0 Å². The van der Waals surface area contributed by atoms with Gasteiger partial charge in [-0.15, -0.1) is 0 Å². The second-order valence-electron chi connectivity index (χ2n) is 7.26. The molecule has 2 aliphatic rings. The second kappa shape index (κ2) is 9.00. The number of benzene rings is 2. The SMILES string of the molecule is O=C(NCCN1CCN(C(=O)c2ccc([N+](=O)[O-])cc2)CC1)c1ccc2c(c1)OCO2. The van der Waals surface area contributed by atoms with E-state index >= 15 is 0 Å². The molecule has 2 aromatic carbocycles. The number of rotatable bonds is 6. The van der Waals surface area contributed by atoms with Gasteiger partial charge in [-0.05, 0) is 30.3 Å². The van der Waals surface area contributed by atoms with Crippen LogP contribution >= 0.6 is 0 Å². The lowest BCUT2D eigenvalue weighted by Crippen LogP contribution is -2.50. The van der Waals surface area contributed by atoms with Gasteiger partial charge in [-0.1, -0.05) is 0 Å². The number of nitrogens with one attached hydrogen (secondary N) is 1. The molecule has 2 aliphatic heterocycles. The van der Waals surface area contributed by atoms with Gasteiger partial charge in [-0.2, -0.15) is 0 Å². The third-order valence-electron chi connectivity index (χ3n) is 5.33. The van der Waals surface area contributed by atoms with Crippen LogP contribution in [0.4, 0.5) is 5.69 Å². The van der Waals surface area contributed by atoms with Crippen LogP contribution in [-0.4, -0.2) is 72.6 Å². The molecule has 2 heterocycles. The van der Waals surface area contributed by atoms with Crippen LogP contribution in [0.5, 0.6) is 11.5 Å². The highest BCUT2D eigenvalue weighted by atomic mass is 16.7. The smallest absolute Gasteiger partial charge is 0.269 e. The molecule has 1 saturated heterocycles. The molecule has 4 rings (SSSR count). The van der Waals surface area contributed by atoms with Crippen LogP contribution in [0, 0.1) is 10.1 Å². The van der Waals surface area contributed by atoms with Crippen LogP contribution in [0.1, 0.15) is 20.7 Å². The summed E-state index contributed by atoms with van der Waals surface area (Å²) >= 11 is 0. The molecule has 2 amide bonds. The summed E-state index contributed by atoms with van der Waals surface area (Å²) in [6.45, 7) is 3.84. The van der Waals surface area contributed by atoms with E-state index in [0.29, 0.717) is 61.9 Å². The van der Waals surface area contributed by atoms with Crippen molar-refractivity contribution < 1.29 is 24.0 Å². The van der Waals surface area contributed by atoms with Gasteiger partial charge in [-0.25, -0.2) is 0 Å². The number of carbonyl (C=O) groups is 2. The van der Waals surface area contributed by atoms with Crippen molar-refractivity contribution in [2.45, 2.75) is 0 Å². The van der Waals surface area contributed by atoms with Crippen LogP contribution in [0.15, 0.2) is 42.5 Å². The lowest BCUT2D eigenvalue weighted by atomic mass is 10.1. The fourth-order valence-corrected chi connectivity index (χ4v) is 3.55. The fourth-order valence-electron chi connectivity index (χ4n) is 3.55. The quantitative estimate of drug-likeness (QED) is 0.550. The average Bonchev–Trinajstić information content (AvgIpc) is 3.27. The molecule has 0 unspecified atom stereocenters. The number of nitro benzene ring substituents is 1. The number of ether oxygens (including phenoxy) is 2. The number of nitrogens with zero attached hydrogens (tertiary/aromatic N) is 3. The number of nitro groups is 1. The Labute approximate surface area is 178 Å². The molecule has 0 saturated carbocycles. The van der Waals surface area contributed by atoms with E-state index in [4.69, 9.17) is 9.47 Å². The molecular weight excluding hydrogens is 404 g/mol. The van der Waals surface area contributed by atoms with Gasteiger partial charge in [-0.3, -0.25) is 24.6 Å². The Morgan fingerprint density at radius 2 is 1.65 bits per heavy atom. The van der Waals surface area contributed by atoms with E-state index < -0.39 is 4.92 Å². The van der Waals surface area contributed by atoms with Crippen molar-refractivity contribution in [3.05, 3.63) is 63.7 Å². The second-order valence-corrected chi connectivity index (χ2v) is 7.26. The Hall–Kier alpha value is -3.66. The first-order valence-corrected chi connectivity index (χ1v) is 9.95. The summed E-state index contributed by atoms with van der Waals surface area (Å²) < 4.78 is 10.5. The normalized spacial score (nSPS) is 15.5. The lowest BCUT2D eigenvalue weighted by molar-refractivity contribution is -0.384. The molecule has 0 spiro atoms. The number of carbonyl (C=O) groups excluding carboxylic acids is 2. The number of non-ortho nitro benzene ring substituents is 1. The third-order valence-corrected chi connectivity index (χ3v) is 5.33. The lowest BCUT2D eigenvalue weighted by Gasteiger charge is -2.34. The average molecular weight is 426 g/mol. The topological polar surface area (TPSA) is 114 Å². The zero-order chi connectivity index (χ0) is 21.8. The first-order valence-electron chi connectivity index (χ1n) is 9.95. The molecule has 2 aromatic rings. The molecule has 10 heteroatoms. The minimum Gasteiger partial charge on any atom is -0.454 e. The Bertz CT molecular complexity index is 986. The van der Waals surface area contributed by atoms with Crippen LogP contribution in [0.25, 0.3) is 0 Å². The van der Waals surface area contributed by atoms with Crippen molar-refractivity contribution in [2.24, 2.45) is 0 Å². The first kappa shape index (κ1) is 20.6. The van der Waals surface area contributed by atoms with Crippen molar-refractivity contribution >= 4 is 17.5 Å². The molecule has 162 valence electrons. The Morgan fingerprint density at radius 3 is 2.35 bits per heavy atom. The fraction of sp³-hybridized carbons (Fsp3) is 0.333. The first-order chi connectivity index (χ1) is 15.0. The number of piperazine rings is 1. The van der Waals surface area contributed by atoms with Gasteiger partial charge in [0.15, 0.2) is 11.5 Å². The molecule has 1 N–H and O–H groups in total. The predicted octanol–water partition coefficient (Wildman–Crippen LogP) is 1.51. The van der Waals surface area contributed by atoms with Crippen LogP contribution in [0.3, 0.4) is 0 Å². The molecule has 0 radical (unpaired) electrons. The number of amides is 2. The van der Waals surface area contributed by atoms with Crippen molar-refractivity contribution in [3.8, 4) is 11.5 Å². The molecular formula is C21H22N4O6. The zero-order valence-electron chi connectivity index (χ0n) is 16.8. The van der Waals surface area contributed by atoms with E-state index in [1.165, 1.54) is 24.3 Å². The van der Waals surface area contributed by atoms with Crippen molar-refractivity contribution in [1.29, 1.82) is 0 Å².